The van der Waals surface area contributed by atoms with Gasteiger partial charge in [0.15, 0.2) is 0 Å². The molecule has 3 heteroatoms. The molecule has 0 aromatic heterocycles. The van der Waals surface area contributed by atoms with Gasteiger partial charge in [0, 0.05) is 19.8 Å². The third kappa shape index (κ3) is 9.57. The summed E-state index contributed by atoms with van der Waals surface area (Å²) in [7, 11) is 1.76. The lowest BCUT2D eigenvalue weighted by atomic mass is 9.99. The minimum Gasteiger partial charge on any atom is -0.385 e. The normalized spacial score (nSPS) is 15.9. The van der Waals surface area contributed by atoms with Crippen molar-refractivity contribution in [2.45, 2.75) is 59.1 Å². The van der Waals surface area contributed by atoms with Crippen LogP contribution in [0.1, 0.15) is 47.5 Å². The summed E-state index contributed by atoms with van der Waals surface area (Å²) >= 11 is 0. The van der Waals surface area contributed by atoms with Gasteiger partial charge >= 0.3 is 0 Å². The predicted octanol–water partition coefficient (Wildman–Crippen LogP) is 2.84. The van der Waals surface area contributed by atoms with Gasteiger partial charge in [-0.3, -0.25) is 0 Å². The fourth-order valence-corrected chi connectivity index (χ4v) is 1.60. The van der Waals surface area contributed by atoms with Crippen LogP contribution in [0.15, 0.2) is 0 Å². The highest BCUT2D eigenvalue weighted by atomic mass is 16.5. The molecule has 0 rings (SSSR count). The first kappa shape index (κ1) is 16.9. The second-order valence-corrected chi connectivity index (χ2v) is 5.74. The van der Waals surface area contributed by atoms with Gasteiger partial charge in [-0.2, -0.15) is 0 Å². The first-order valence-corrected chi connectivity index (χ1v) is 6.77. The molecule has 0 radical (unpaired) electrons. The molecule has 0 bridgehead atoms. The topological polar surface area (TPSA) is 30.5 Å². The van der Waals surface area contributed by atoms with Crippen LogP contribution in [0.3, 0.4) is 0 Å². The average molecular weight is 245 g/mol. The average Bonchev–Trinajstić information content (AvgIpc) is 2.24. The van der Waals surface area contributed by atoms with Crippen molar-refractivity contribution in [3.63, 3.8) is 0 Å². The van der Waals surface area contributed by atoms with Crippen LogP contribution in [0.4, 0.5) is 0 Å². The Morgan fingerprint density at radius 2 is 1.88 bits per heavy atom. The Hall–Kier alpha value is -0.120. The van der Waals surface area contributed by atoms with Crippen LogP contribution in [-0.4, -0.2) is 38.5 Å². The van der Waals surface area contributed by atoms with E-state index in [4.69, 9.17) is 9.47 Å². The summed E-state index contributed by atoms with van der Waals surface area (Å²) < 4.78 is 11.0. The molecule has 104 valence electrons. The zero-order valence-electron chi connectivity index (χ0n) is 12.5. The number of rotatable bonds is 9. The van der Waals surface area contributed by atoms with Crippen molar-refractivity contribution in [2.24, 2.45) is 5.92 Å². The van der Waals surface area contributed by atoms with Gasteiger partial charge in [-0.15, -0.1) is 0 Å². The Labute approximate surface area is 107 Å². The Morgan fingerprint density at radius 3 is 2.35 bits per heavy atom. The molecule has 0 saturated heterocycles. The standard InChI is InChI=1S/C14H31NO2/c1-7-9-15-13(11-17-14(3,4)5)12(2)8-10-16-6/h12-13,15H,7-11H2,1-6H3. The Morgan fingerprint density at radius 1 is 1.24 bits per heavy atom. The quantitative estimate of drug-likeness (QED) is 0.677. The minimum atomic E-state index is -0.0624. The zero-order valence-corrected chi connectivity index (χ0v) is 12.5. The van der Waals surface area contributed by atoms with Crippen LogP contribution in [-0.2, 0) is 9.47 Å². The molecule has 0 saturated carbocycles. The van der Waals surface area contributed by atoms with E-state index in [0.29, 0.717) is 12.0 Å². The monoisotopic (exact) mass is 245 g/mol. The van der Waals surface area contributed by atoms with Crippen LogP contribution in [0.25, 0.3) is 0 Å². The predicted molar refractivity (Wildman–Crippen MR) is 73.4 cm³/mol. The first-order valence-electron chi connectivity index (χ1n) is 6.77. The fourth-order valence-electron chi connectivity index (χ4n) is 1.60. The van der Waals surface area contributed by atoms with Gasteiger partial charge in [-0.1, -0.05) is 13.8 Å². The summed E-state index contributed by atoms with van der Waals surface area (Å²) in [6.45, 7) is 13.4. The van der Waals surface area contributed by atoms with Gasteiger partial charge in [-0.05, 0) is 46.1 Å². The highest BCUT2D eigenvalue weighted by molar-refractivity contribution is 4.74. The molecule has 0 spiro atoms. The van der Waals surface area contributed by atoms with Crippen LogP contribution in [0.5, 0.6) is 0 Å². The number of nitrogens with one attached hydrogen (secondary N) is 1. The van der Waals surface area contributed by atoms with Crippen molar-refractivity contribution in [1.82, 2.24) is 5.32 Å². The summed E-state index contributed by atoms with van der Waals surface area (Å²) in [5.41, 5.74) is -0.0624. The van der Waals surface area contributed by atoms with Crippen molar-refractivity contribution in [1.29, 1.82) is 0 Å². The number of methoxy groups -OCH3 is 1. The molecule has 17 heavy (non-hydrogen) atoms. The summed E-state index contributed by atoms with van der Waals surface area (Å²) in [5.74, 6) is 0.573. The molecule has 2 unspecified atom stereocenters. The summed E-state index contributed by atoms with van der Waals surface area (Å²) in [6.07, 6.45) is 2.23. The minimum absolute atomic E-state index is 0.0624. The Bertz CT molecular complexity index is 178. The molecule has 0 aromatic carbocycles. The van der Waals surface area contributed by atoms with Crippen molar-refractivity contribution >= 4 is 0 Å². The molecule has 0 fully saturated rings. The maximum absolute atomic E-state index is 5.89. The van der Waals surface area contributed by atoms with Gasteiger partial charge in [0.1, 0.15) is 0 Å². The van der Waals surface area contributed by atoms with Gasteiger partial charge in [0.05, 0.1) is 12.2 Å². The molecular weight excluding hydrogens is 214 g/mol. The van der Waals surface area contributed by atoms with E-state index in [-0.39, 0.29) is 5.60 Å². The van der Waals surface area contributed by atoms with Crippen LogP contribution < -0.4 is 5.32 Å². The third-order valence-electron chi connectivity index (χ3n) is 2.82. The van der Waals surface area contributed by atoms with Gasteiger partial charge < -0.3 is 14.8 Å². The van der Waals surface area contributed by atoms with Crippen molar-refractivity contribution in [3.8, 4) is 0 Å². The first-order chi connectivity index (χ1) is 7.90. The van der Waals surface area contributed by atoms with E-state index in [1.54, 1.807) is 7.11 Å². The molecule has 0 aliphatic carbocycles. The molecule has 1 N–H and O–H groups in total. The molecule has 2 atom stereocenters. The van der Waals surface area contributed by atoms with E-state index in [1.165, 1.54) is 0 Å². The summed E-state index contributed by atoms with van der Waals surface area (Å²) in [5, 5.41) is 3.57. The van der Waals surface area contributed by atoms with E-state index < -0.39 is 0 Å². The fraction of sp³-hybridized carbons (Fsp3) is 1.00. The van der Waals surface area contributed by atoms with Crippen LogP contribution in [0.2, 0.25) is 0 Å². The number of ether oxygens (including phenoxy) is 2. The molecule has 0 aliphatic heterocycles. The number of hydrogen-bond donors (Lipinski definition) is 1. The van der Waals surface area contributed by atoms with Crippen molar-refractivity contribution in [3.05, 3.63) is 0 Å². The SMILES string of the molecule is CCCNC(COC(C)(C)C)C(C)CCOC. The molecule has 0 heterocycles. The lowest BCUT2D eigenvalue weighted by Gasteiger charge is -2.29. The van der Waals surface area contributed by atoms with Gasteiger partial charge in [-0.25, -0.2) is 0 Å². The van der Waals surface area contributed by atoms with Crippen LogP contribution in [0, 0.1) is 5.92 Å². The zero-order chi connectivity index (χ0) is 13.3. The lowest BCUT2D eigenvalue weighted by molar-refractivity contribution is -0.0227. The van der Waals surface area contributed by atoms with Crippen molar-refractivity contribution < 1.29 is 9.47 Å². The summed E-state index contributed by atoms with van der Waals surface area (Å²) in [4.78, 5) is 0. The molecular formula is C14H31NO2. The molecule has 0 aromatic rings. The second kappa shape index (κ2) is 8.90. The second-order valence-electron chi connectivity index (χ2n) is 5.74. The van der Waals surface area contributed by atoms with Gasteiger partial charge in [0.25, 0.3) is 0 Å². The highest BCUT2D eigenvalue weighted by Gasteiger charge is 2.20. The highest BCUT2D eigenvalue weighted by Crippen LogP contribution is 2.13. The Balaban J connectivity index is 4.11. The van der Waals surface area contributed by atoms with E-state index in [2.05, 4.69) is 39.9 Å². The van der Waals surface area contributed by atoms with E-state index >= 15 is 0 Å². The lowest BCUT2D eigenvalue weighted by Crippen LogP contribution is -2.41. The molecule has 0 amide bonds. The smallest absolute Gasteiger partial charge is 0.0629 e. The number of hydrogen-bond acceptors (Lipinski definition) is 3. The maximum Gasteiger partial charge on any atom is 0.0629 e. The maximum atomic E-state index is 5.89. The third-order valence-corrected chi connectivity index (χ3v) is 2.82. The summed E-state index contributed by atoms with van der Waals surface area (Å²) in [6, 6.07) is 0.421. The van der Waals surface area contributed by atoms with E-state index in [0.717, 1.165) is 32.6 Å². The van der Waals surface area contributed by atoms with Crippen LogP contribution >= 0.6 is 0 Å². The molecule has 0 aliphatic rings. The largest absolute Gasteiger partial charge is 0.385 e. The van der Waals surface area contributed by atoms with E-state index in [9.17, 15) is 0 Å². The van der Waals surface area contributed by atoms with E-state index in [1.807, 2.05) is 0 Å². The molecule has 3 nitrogen and oxygen atoms in total. The van der Waals surface area contributed by atoms with Crippen molar-refractivity contribution in [2.75, 3.05) is 26.9 Å². The Kier molecular flexibility index (Phi) is 8.83. The van der Waals surface area contributed by atoms with Gasteiger partial charge in [0.2, 0.25) is 0 Å².